The number of carbonyl (C=O) groups is 1. The van der Waals surface area contributed by atoms with Crippen LogP contribution in [0.15, 0.2) is 28.7 Å². The van der Waals surface area contributed by atoms with Gasteiger partial charge >= 0.3 is 5.97 Å². The summed E-state index contributed by atoms with van der Waals surface area (Å²) in [5.41, 5.74) is 4.06. The summed E-state index contributed by atoms with van der Waals surface area (Å²) in [6.07, 6.45) is 1.47. The molecule has 2 heterocycles. The Morgan fingerprint density at radius 1 is 1.19 bits per heavy atom. The molecule has 0 N–H and O–H groups in total. The van der Waals surface area contributed by atoms with E-state index < -0.39 is 5.97 Å². The minimum absolute atomic E-state index is 0.208. The van der Waals surface area contributed by atoms with Gasteiger partial charge in [0.05, 0.1) is 30.2 Å². The first-order valence-corrected chi connectivity index (χ1v) is 9.59. The molecular formula is C19H21BrN4O3. The topological polar surface area (TPSA) is 78.6 Å². The van der Waals surface area contributed by atoms with Crippen LogP contribution >= 0.6 is 15.9 Å². The number of hydrogen-bond donors (Lipinski definition) is 0. The van der Waals surface area contributed by atoms with Crippen molar-refractivity contribution in [3.8, 4) is 11.1 Å². The number of aromatic nitrogens is 4. The molecule has 7 nitrogen and oxygen atoms in total. The van der Waals surface area contributed by atoms with Crippen LogP contribution in [0.2, 0.25) is 0 Å². The Bertz CT molecular complexity index is 954. The van der Waals surface area contributed by atoms with E-state index >= 15 is 0 Å². The zero-order valence-corrected chi connectivity index (χ0v) is 17.1. The lowest BCUT2D eigenvalue weighted by Gasteiger charge is -2.08. The third-order valence-corrected chi connectivity index (χ3v) is 4.61. The summed E-state index contributed by atoms with van der Waals surface area (Å²) in [6.45, 7) is 4.41. The number of fused-ring (bicyclic) bond motifs is 1. The molecule has 3 aromatic rings. The van der Waals surface area contributed by atoms with Gasteiger partial charge in [-0.25, -0.2) is 9.31 Å². The van der Waals surface area contributed by atoms with Gasteiger partial charge < -0.3 is 9.47 Å². The monoisotopic (exact) mass is 432 g/mol. The van der Waals surface area contributed by atoms with Gasteiger partial charge in [0.1, 0.15) is 0 Å². The molecule has 8 heteroatoms. The predicted octanol–water partition coefficient (Wildman–Crippen LogP) is 3.83. The van der Waals surface area contributed by atoms with Gasteiger partial charge in [0.15, 0.2) is 11.3 Å². The first-order chi connectivity index (χ1) is 13.1. The first-order valence-electron chi connectivity index (χ1n) is 8.79. The lowest BCUT2D eigenvalue weighted by molar-refractivity contribution is 0.0515. The van der Waals surface area contributed by atoms with Gasteiger partial charge in [-0.15, -0.1) is 10.2 Å². The Morgan fingerprint density at radius 3 is 2.56 bits per heavy atom. The van der Waals surface area contributed by atoms with Crippen molar-refractivity contribution in [2.24, 2.45) is 0 Å². The molecule has 0 bridgehead atoms. The minimum atomic E-state index is -0.482. The molecule has 0 saturated heterocycles. The maximum absolute atomic E-state index is 12.3. The first kappa shape index (κ1) is 19.4. The van der Waals surface area contributed by atoms with Gasteiger partial charge in [0.25, 0.3) is 0 Å². The highest BCUT2D eigenvalue weighted by molar-refractivity contribution is 9.10. The van der Waals surface area contributed by atoms with E-state index in [1.165, 1.54) is 0 Å². The van der Waals surface area contributed by atoms with Crippen LogP contribution in [0.25, 0.3) is 16.8 Å². The fourth-order valence-corrected chi connectivity index (χ4v) is 3.22. The number of ether oxygens (including phenoxy) is 2. The van der Waals surface area contributed by atoms with Crippen molar-refractivity contribution < 1.29 is 14.3 Å². The lowest BCUT2D eigenvalue weighted by Crippen LogP contribution is -2.16. The quantitative estimate of drug-likeness (QED) is 0.527. The molecular weight excluding hydrogens is 412 g/mol. The Hall–Kier alpha value is -2.32. The van der Waals surface area contributed by atoms with E-state index in [0.29, 0.717) is 24.4 Å². The average Bonchev–Trinajstić information content (AvgIpc) is 3.02. The molecule has 0 unspecified atom stereocenters. The number of methoxy groups -OCH3 is 1. The van der Waals surface area contributed by atoms with E-state index in [2.05, 4.69) is 26.1 Å². The molecule has 142 valence electrons. The maximum atomic E-state index is 12.3. The van der Waals surface area contributed by atoms with E-state index in [1.54, 1.807) is 18.5 Å². The van der Waals surface area contributed by atoms with Crippen LogP contribution in [0.1, 0.15) is 42.1 Å². The Kier molecular flexibility index (Phi) is 6.18. The highest BCUT2D eigenvalue weighted by Gasteiger charge is 2.24. The van der Waals surface area contributed by atoms with E-state index in [9.17, 15) is 4.79 Å². The second kappa shape index (κ2) is 8.58. The number of carbonyl (C=O) groups excluding carboxylic acids is 1. The van der Waals surface area contributed by atoms with Crippen molar-refractivity contribution in [2.75, 3.05) is 13.7 Å². The van der Waals surface area contributed by atoms with Gasteiger partial charge in [-0.05, 0) is 31.0 Å². The normalized spacial score (nSPS) is 11.1. The summed E-state index contributed by atoms with van der Waals surface area (Å²) < 4.78 is 13.2. The van der Waals surface area contributed by atoms with Gasteiger partial charge in [-0.2, -0.15) is 5.10 Å². The highest BCUT2D eigenvalue weighted by Crippen LogP contribution is 2.30. The number of nitrogens with zero attached hydrogens (tertiary/aromatic N) is 4. The van der Waals surface area contributed by atoms with Crippen LogP contribution in [-0.4, -0.2) is 39.5 Å². The summed E-state index contributed by atoms with van der Waals surface area (Å²) in [5.74, 6) is -0.482. The van der Waals surface area contributed by atoms with Crippen LogP contribution in [-0.2, 0) is 22.5 Å². The van der Waals surface area contributed by atoms with Crippen molar-refractivity contribution in [2.45, 2.75) is 33.3 Å². The highest BCUT2D eigenvalue weighted by atomic mass is 79.9. The standard InChI is InChI=1S/C19H21BrN4O3/c1-4-6-15-17(19(25)27-5-2)21-22-18-16(12-7-9-13(20)10-8-12)14(11-26-3)23-24(15)18/h7-10H,4-6,11H2,1-3H3. The lowest BCUT2D eigenvalue weighted by atomic mass is 10.1. The number of rotatable bonds is 7. The number of hydrogen-bond acceptors (Lipinski definition) is 6. The van der Waals surface area contributed by atoms with Crippen molar-refractivity contribution in [1.82, 2.24) is 19.8 Å². The van der Waals surface area contributed by atoms with E-state index in [4.69, 9.17) is 14.6 Å². The summed E-state index contributed by atoms with van der Waals surface area (Å²) >= 11 is 3.46. The van der Waals surface area contributed by atoms with Gasteiger partial charge in [0.2, 0.25) is 0 Å². The predicted molar refractivity (Wildman–Crippen MR) is 105 cm³/mol. The van der Waals surface area contributed by atoms with Crippen LogP contribution in [0, 0.1) is 0 Å². The third kappa shape index (κ3) is 3.86. The molecule has 0 amide bonds. The molecule has 3 rings (SSSR count). The number of halogens is 1. The Morgan fingerprint density at radius 2 is 1.93 bits per heavy atom. The fraction of sp³-hybridized carbons (Fsp3) is 0.368. The zero-order valence-electron chi connectivity index (χ0n) is 15.5. The van der Waals surface area contributed by atoms with Crippen LogP contribution < -0.4 is 0 Å². The molecule has 27 heavy (non-hydrogen) atoms. The Labute approximate surface area is 165 Å². The second-order valence-electron chi connectivity index (χ2n) is 5.96. The maximum Gasteiger partial charge on any atom is 0.360 e. The van der Waals surface area contributed by atoms with E-state index in [0.717, 1.165) is 27.7 Å². The van der Waals surface area contributed by atoms with E-state index in [1.807, 2.05) is 31.2 Å². The van der Waals surface area contributed by atoms with Gasteiger partial charge in [-0.1, -0.05) is 41.4 Å². The van der Waals surface area contributed by atoms with E-state index in [-0.39, 0.29) is 12.3 Å². The van der Waals surface area contributed by atoms with Crippen molar-refractivity contribution in [3.63, 3.8) is 0 Å². The number of benzene rings is 1. The number of aryl methyl sites for hydroxylation is 1. The molecule has 0 aliphatic rings. The molecule has 2 aromatic heterocycles. The van der Waals surface area contributed by atoms with Crippen molar-refractivity contribution in [3.05, 3.63) is 45.8 Å². The largest absolute Gasteiger partial charge is 0.461 e. The molecule has 0 atom stereocenters. The molecule has 0 aliphatic heterocycles. The van der Waals surface area contributed by atoms with Crippen molar-refractivity contribution >= 4 is 27.5 Å². The van der Waals surface area contributed by atoms with Crippen LogP contribution in [0.3, 0.4) is 0 Å². The van der Waals surface area contributed by atoms with Gasteiger partial charge in [-0.3, -0.25) is 0 Å². The van der Waals surface area contributed by atoms with Crippen molar-refractivity contribution in [1.29, 1.82) is 0 Å². The summed E-state index contributed by atoms with van der Waals surface area (Å²) in [6, 6.07) is 7.90. The molecule has 0 aliphatic carbocycles. The van der Waals surface area contributed by atoms with Crippen LogP contribution in [0.4, 0.5) is 0 Å². The molecule has 0 saturated carbocycles. The zero-order chi connectivity index (χ0) is 19.4. The SMILES string of the molecule is CCCc1c(C(=O)OCC)nnc2c(-c3ccc(Br)cc3)c(COC)nn12. The van der Waals surface area contributed by atoms with Gasteiger partial charge in [0, 0.05) is 11.6 Å². The Balaban J connectivity index is 2.26. The summed E-state index contributed by atoms with van der Waals surface area (Å²) in [5, 5.41) is 13.2. The molecule has 0 fully saturated rings. The number of esters is 1. The molecule has 1 aromatic carbocycles. The smallest absolute Gasteiger partial charge is 0.360 e. The summed E-state index contributed by atoms with van der Waals surface area (Å²) in [4.78, 5) is 12.3. The third-order valence-electron chi connectivity index (χ3n) is 4.08. The average molecular weight is 433 g/mol. The fourth-order valence-electron chi connectivity index (χ4n) is 2.96. The second-order valence-corrected chi connectivity index (χ2v) is 6.88. The molecule has 0 radical (unpaired) electrons. The molecule has 0 spiro atoms. The minimum Gasteiger partial charge on any atom is -0.461 e. The summed E-state index contributed by atoms with van der Waals surface area (Å²) in [7, 11) is 1.62. The van der Waals surface area contributed by atoms with Crippen LogP contribution in [0.5, 0.6) is 0 Å².